The molecule has 1 N–H and O–H groups in total. The van der Waals surface area contributed by atoms with Crippen LogP contribution in [0.3, 0.4) is 0 Å². The number of hydrogen-bond acceptors (Lipinski definition) is 4. The maximum atomic E-state index is 11.8. The van der Waals surface area contributed by atoms with Crippen LogP contribution in [-0.2, 0) is 9.53 Å². The summed E-state index contributed by atoms with van der Waals surface area (Å²) in [5.41, 5.74) is 4.26. The third-order valence-electron chi connectivity index (χ3n) is 5.35. The first-order valence-electron chi connectivity index (χ1n) is 9.87. The zero-order valence-corrected chi connectivity index (χ0v) is 17.8. The van der Waals surface area contributed by atoms with Gasteiger partial charge in [-0.2, -0.15) is 0 Å². The predicted molar refractivity (Wildman–Crippen MR) is 119 cm³/mol. The van der Waals surface area contributed by atoms with Gasteiger partial charge in [-0.3, -0.25) is 9.78 Å². The van der Waals surface area contributed by atoms with E-state index in [1.165, 1.54) is 12.7 Å². The van der Waals surface area contributed by atoms with Gasteiger partial charge in [-0.15, -0.1) is 0 Å². The minimum Gasteiger partial charge on any atom is -0.469 e. The van der Waals surface area contributed by atoms with E-state index < -0.39 is 0 Å². The first-order valence-corrected chi connectivity index (χ1v) is 10.3. The summed E-state index contributed by atoms with van der Waals surface area (Å²) in [5, 5.41) is 4.03. The quantitative estimate of drug-likeness (QED) is 0.485. The Bertz CT molecular complexity index is 1050. The molecule has 3 heterocycles. The summed E-state index contributed by atoms with van der Waals surface area (Å²) in [7, 11) is 1.40. The second-order valence-corrected chi connectivity index (χ2v) is 7.67. The molecule has 1 aliphatic rings. The fraction of sp³-hybridized carbons (Fsp3) is 0.261. The molecule has 1 aromatic carbocycles. The fourth-order valence-corrected chi connectivity index (χ4v) is 4.26. The van der Waals surface area contributed by atoms with Crippen LogP contribution in [-0.4, -0.2) is 39.2 Å². The van der Waals surface area contributed by atoms with Gasteiger partial charge in [0.1, 0.15) is 0 Å². The number of thiocarbonyl (C=S) groups is 1. The first kappa shape index (κ1) is 20.1. The lowest BCUT2D eigenvalue weighted by atomic mass is 10.0. The van der Waals surface area contributed by atoms with E-state index in [0.29, 0.717) is 11.7 Å². The second kappa shape index (κ2) is 8.67. The minimum atomic E-state index is -0.257. The van der Waals surface area contributed by atoms with Crippen LogP contribution in [0.2, 0.25) is 0 Å². The van der Waals surface area contributed by atoms with Crippen LogP contribution in [0, 0.1) is 6.92 Å². The minimum absolute atomic E-state index is 0.118. The molecule has 7 heteroatoms. The molecule has 3 aromatic rings. The summed E-state index contributed by atoms with van der Waals surface area (Å²) in [6.07, 6.45) is 4.10. The van der Waals surface area contributed by atoms with Crippen molar-refractivity contribution in [3.63, 3.8) is 0 Å². The van der Waals surface area contributed by atoms with Crippen molar-refractivity contribution < 1.29 is 9.53 Å². The molecule has 1 fully saturated rings. The van der Waals surface area contributed by atoms with Crippen LogP contribution in [0.15, 0.2) is 67.0 Å². The Morgan fingerprint density at radius 2 is 2.07 bits per heavy atom. The van der Waals surface area contributed by atoms with Gasteiger partial charge >= 0.3 is 5.97 Å². The molecule has 0 amide bonds. The molecule has 2 unspecified atom stereocenters. The highest BCUT2D eigenvalue weighted by atomic mass is 32.1. The number of methoxy groups -OCH3 is 1. The number of carbonyl (C=O) groups excluding carboxylic acids is 1. The van der Waals surface area contributed by atoms with Crippen LogP contribution >= 0.6 is 12.2 Å². The maximum absolute atomic E-state index is 11.8. The predicted octanol–water partition coefficient (Wildman–Crippen LogP) is 3.72. The van der Waals surface area contributed by atoms with Crippen molar-refractivity contribution in [3.05, 3.63) is 83.9 Å². The Morgan fingerprint density at radius 1 is 1.20 bits per heavy atom. The second-order valence-electron chi connectivity index (χ2n) is 7.29. The highest BCUT2D eigenvalue weighted by molar-refractivity contribution is 7.80. The summed E-state index contributed by atoms with van der Waals surface area (Å²) in [6.45, 7) is 2.55. The average molecular weight is 421 g/mol. The molecule has 1 aliphatic heterocycles. The van der Waals surface area contributed by atoms with Gasteiger partial charge in [0.15, 0.2) is 5.11 Å². The number of pyridine rings is 1. The van der Waals surface area contributed by atoms with E-state index in [1.807, 2.05) is 24.3 Å². The van der Waals surface area contributed by atoms with Crippen molar-refractivity contribution in [2.45, 2.75) is 25.4 Å². The van der Waals surface area contributed by atoms with Crippen LogP contribution < -0.4 is 5.32 Å². The van der Waals surface area contributed by atoms with Crippen molar-refractivity contribution in [2.24, 2.45) is 0 Å². The molecular formula is C23H24N4O2S. The Labute approximate surface area is 181 Å². The number of hydrogen-bond donors (Lipinski definition) is 1. The van der Waals surface area contributed by atoms with E-state index in [4.69, 9.17) is 17.0 Å². The molecule has 2 aromatic heterocycles. The Hall–Kier alpha value is -3.19. The van der Waals surface area contributed by atoms with E-state index in [1.54, 1.807) is 6.20 Å². The molecule has 0 aliphatic carbocycles. The number of carbonyl (C=O) groups is 1. The van der Waals surface area contributed by atoms with Gasteiger partial charge in [-0.05, 0) is 61.1 Å². The van der Waals surface area contributed by atoms with E-state index in [9.17, 15) is 4.79 Å². The van der Waals surface area contributed by atoms with Crippen molar-refractivity contribution >= 4 is 23.3 Å². The van der Waals surface area contributed by atoms with Gasteiger partial charge in [0.25, 0.3) is 0 Å². The number of rotatable bonds is 6. The average Bonchev–Trinajstić information content (AvgIpc) is 3.36. The number of aryl methyl sites for hydroxylation is 1. The molecule has 4 rings (SSSR count). The summed E-state index contributed by atoms with van der Waals surface area (Å²) < 4.78 is 7.02. The molecule has 0 radical (unpaired) electrons. The normalized spacial score (nSPS) is 18.3. The zero-order valence-electron chi connectivity index (χ0n) is 17.0. The summed E-state index contributed by atoms with van der Waals surface area (Å²) in [5.74, 6) is -0.257. The van der Waals surface area contributed by atoms with Crippen molar-refractivity contribution in [3.8, 4) is 5.69 Å². The van der Waals surface area contributed by atoms with Crippen LogP contribution in [0.5, 0.6) is 0 Å². The summed E-state index contributed by atoms with van der Waals surface area (Å²) in [4.78, 5) is 18.4. The highest BCUT2D eigenvalue weighted by Crippen LogP contribution is 2.39. The highest BCUT2D eigenvalue weighted by Gasteiger charge is 2.41. The lowest BCUT2D eigenvalue weighted by Crippen LogP contribution is -2.32. The molecule has 0 bridgehead atoms. The number of esters is 1. The fourth-order valence-electron chi connectivity index (χ4n) is 3.93. The molecule has 30 heavy (non-hydrogen) atoms. The van der Waals surface area contributed by atoms with Crippen molar-refractivity contribution in [2.75, 3.05) is 13.7 Å². The molecule has 2 atom stereocenters. The van der Waals surface area contributed by atoms with Gasteiger partial charge in [0, 0.05) is 30.3 Å². The van der Waals surface area contributed by atoms with Crippen LogP contribution in [0.25, 0.3) is 5.69 Å². The molecule has 154 valence electrons. The third-order valence-corrected chi connectivity index (χ3v) is 5.70. The first-order chi connectivity index (χ1) is 14.6. The van der Waals surface area contributed by atoms with Gasteiger partial charge in [0.2, 0.25) is 0 Å². The molecular weight excluding hydrogens is 396 g/mol. The number of nitrogens with zero attached hydrogens (tertiary/aromatic N) is 3. The van der Waals surface area contributed by atoms with E-state index in [-0.39, 0.29) is 24.5 Å². The topological polar surface area (TPSA) is 59.4 Å². The number of aromatic nitrogens is 2. The molecule has 6 nitrogen and oxygen atoms in total. The van der Waals surface area contributed by atoms with E-state index in [2.05, 4.69) is 63.2 Å². The third kappa shape index (κ3) is 3.93. The summed E-state index contributed by atoms with van der Waals surface area (Å²) >= 11 is 5.66. The van der Waals surface area contributed by atoms with Gasteiger partial charge in [-0.25, -0.2) is 0 Å². The van der Waals surface area contributed by atoms with E-state index in [0.717, 1.165) is 17.1 Å². The standard InChI is InChI=1S/C23H24N4O2S/c1-16-7-5-8-17(15-16)26-13-6-10-19(26)22-21(18-9-3-4-12-24-18)25-23(30)27(22)14-11-20(28)29-2/h3-10,12-13,15,21-22H,11,14H2,1-2H3,(H,25,30). The number of ether oxygens (including phenoxy) is 1. The van der Waals surface area contributed by atoms with Crippen LogP contribution in [0.4, 0.5) is 0 Å². The maximum Gasteiger partial charge on any atom is 0.307 e. The Balaban J connectivity index is 1.76. The number of benzene rings is 1. The molecule has 0 spiro atoms. The smallest absolute Gasteiger partial charge is 0.307 e. The van der Waals surface area contributed by atoms with E-state index >= 15 is 0 Å². The van der Waals surface area contributed by atoms with Gasteiger partial charge in [0.05, 0.1) is 31.3 Å². The Morgan fingerprint density at radius 3 is 2.80 bits per heavy atom. The summed E-state index contributed by atoms with van der Waals surface area (Å²) in [6, 6.07) is 18.1. The number of nitrogens with one attached hydrogen (secondary N) is 1. The van der Waals surface area contributed by atoms with Gasteiger partial charge < -0.3 is 19.5 Å². The monoisotopic (exact) mass is 420 g/mol. The van der Waals surface area contributed by atoms with Crippen molar-refractivity contribution in [1.82, 2.24) is 19.8 Å². The largest absolute Gasteiger partial charge is 0.469 e. The van der Waals surface area contributed by atoms with Crippen molar-refractivity contribution in [1.29, 1.82) is 0 Å². The zero-order chi connectivity index (χ0) is 21.1. The molecule has 0 saturated carbocycles. The van der Waals surface area contributed by atoms with Crippen LogP contribution in [0.1, 0.15) is 35.5 Å². The lowest BCUT2D eigenvalue weighted by molar-refractivity contribution is -0.140. The Kier molecular flexibility index (Phi) is 5.81. The SMILES string of the molecule is COC(=O)CCN1C(=S)NC(c2ccccn2)C1c1cccn1-c1cccc(C)c1. The molecule has 1 saturated heterocycles. The lowest BCUT2D eigenvalue weighted by Gasteiger charge is -2.28. The van der Waals surface area contributed by atoms with Gasteiger partial charge in [-0.1, -0.05) is 18.2 Å².